The maximum absolute atomic E-state index is 5.91. The lowest BCUT2D eigenvalue weighted by atomic mass is 10.2. The summed E-state index contributed by atoms with van der Waals surface area (Å²) in [6, 6.07) is 2.10. The molecular formula is C15H24N4O. The molecule has 5 nitrogen and oxygen atoms in total. The number of nitrogens with zero attached hydrogens (tertiary/aromatic N) is 3. The van der Waals surface area contributed by atoms with Crippen molar-refractivity contribution in [3.8, 4) is 0 Å². The average molecular weight is 276 g/mol. The number of hydrogen-bond acceptors (Lipinski definition) is 4. The molecule has 110 valence electrons. The molecule has 0 saturated carbocycles. The third-order valence-corrected chi connectivity index (χ3v) is 3.34. The lowest BCUT2D eigenvalue weighted by Crippen LogP contribution is -2.11. The van der Waals surface area contributed by atoms with E-state index >= 15 is 0 Å². The zero-order valence-electron chi connectivity index (χ0n) is 12.9. The van der Waals surface area contributed by atoms with E-state index in [1.165, 1.54) is 5.56 Å². The summed E-state index contributed by atoms with van der Waals surface area (Å²) in [6.45, 7) is 10.7. The smallest absolute Gasteiger partial charge is 0.150 e. The zero-order chi connectivity index (χ0) is 14.5. The van der Waals surface area contributed by atoms with Gasteiger partial charge in [0.05, 0.1) is 6.54 Å². The molecule has 5 heteroatoms. The maximum Gasteiger partial charge on any atom is 0.150 e. The lowest BCUT2D eigenvalue weighted by molar-refractivity contribution is 0.427. The summed E-state index contributed by atoms with van der Waals surface area (Å²) in [4.78, 5) is 4.52. The van der Waals surface area contributed by atoms with Gasteiger partial charge < -0.3 is 9.73 Å². The fourth-order valence-electron chi connectivity index (χ4n) is 2.19. The van der Waals surface area contributed by atoms with Crippen LogP contribution in [0, 0.1) is 6.92 Å². The van der Waals surface area contributed by atoms with E-state index in [1.807, 2.05) is 4.68 Å². The second kappa shape index (κ2) is 6.70. The molecule has 2 rings (SSSR count). The molecule has 0 aliphatic rings. The van der Waals surface area contributed by atoms with E-state index in [0.29, 0.717) is 6.54 Å². The Labute approximate surface area is 120 Å². The maximum atomic E-state index is 5.91. The second-order valence-corrected chi connectivity index (χ2v) is 4.91. The van der Waals surface area contributed by atoms with Crippen LogP contribution >= 0.6 is 0 Å². The first-order valence-electron chi connectivity index (χ1n) is 7.39. The minimum atomic E-state index is 0.656. The van der Waals surface area contributed by atoms with Gasteiger partial charge in [0, 0.05) is 12.8 Å². The number of aryl methyl sites for hydroxylation is 3. The minimum absolute atomic E-state index is 0.656. The van der Waals surface area contributed by atoms with Gasteiger partial charge in [0.1, 0.15) is 23.9 Å². The summed E-state index contributed by atoms with van der Waals surface area (Å²) in [5.41, 5.74) is 1.19. The molecule has 0 unspecified atom stereocenters. The van der Waals surface area contributed by atoms with Crippen LogP contribution in [0.2, 0.25) is 0 Å². The Balaban J connectivity index is 2.15. The van der Waals surface area contributed by atoms with Gasteiger partial charge in [-0.25, -0.2) is 9.67 Å². The summed E-state index contributed by atoms with van der Waals surface area (Å²) in [7, 11) is 0. The van der Waals surface area contributed by atoms with E-state index in [-0.39, 0.29) is 0 Å². The first-order valence-corrected chi connectivity index (χ1v) is 7.39. The SMILES string of the molecule is CCNCc1oc(Cn2nc(CC)nc2CC)cc1C. The summed E-state index contributed by atoms with van der Waals surface area (Å²) >= 11 is 0. The summed E-state index contributed by atoms with van der Waals surface area (Å²) in [6.07, 6.45) is 1.75. The van der Waals surface area contributed by atoms with E-state index < -0.39 is 0 Å². The third-order valence-electron chi connectivity index (χ3n) is 3.34. The molecule has 20 heavy (non-hydrogen) atoms. The highest BCUT2D eigenvalue weighted by atomic mass is 16.3. The molecular weight excluding hydrogens is 252 g/mol. The van der Waals surface area contributed by atoms with Crippen LogP contribution in [0.15, 0.2) is 10.5 Å². The van der Waals surface area contributed by atoms with E-state index in [4.69, 9.17) is 4.42 Å². The van der Waals surface area contributed by atoms with E-state index in [1.54, 1.807) is 0 Å². The predicted octanol–water partition coefficient (Wildman–Crippen LogP) is 2.46. The summed E-state index contributed by atoms with van der Waals surface area (Å²) < 4.78 is 7.86. The molecule has 1 N–H and O–H groups in total. The third kappa shape index (κ3) is 3.28. The van der Waals surface area contributed by atoms with E-state index in [9.17, 15) is 0 Å². The Kier molecular flexibility index (Phi) is 4.95. The van der Waals surface area contributed by atoms with Gasteiger partial charge in [0.15, 0.2) is 5.82 Å². The van der Waals surface area contributed by atoms with Crippen LogP contribution in [0.1, 0.15) is 49.5 Å². The van der Waals surface area contributed by atoms with Crippen molar-refractivity contribution >= 4 is 0 Å². The highest BCUT2D eigenvalue weighted by Gasteiger charge is 2.12. The van der Waals surface area contributed by atoms with E-state index in [0.717, 1.165) is 49.1 Å². The van der Waals surface area contributed by atoms with Gasteiger partial charge in [0.2, 0.25) is 0 Å². The first kappa shape index (κ1) is 14.8. The van der Waals surface area contributed by atoms with Crippen molar-refractivity contribution in [1.82, 2.24) is 20.1 Å². The molecule has 0 aliphatic carbocycles. The van der Waals surface area contributed by atoms with Crippen molar-refractivity contribution in [2.24, 2.45) is 0 Å². The van der Waals surface area contributed by atoms with Gasteiger partial charge >= 0.3 is 0 Å². The minimum Gasteiger partial charge on any atom is -0.462 e. The monoisotopic (exact) mass is 276 g/mol. The zero-order valence-corrected chi connectivity index (χ0v) is 12.9. The van der Waals surface area contributed by atoms with Crippen LogP contribution in [0.3, 0.4) is 0 Å². The number of furan rings is 1. The molecule has 0 aromatic carbocycles. The molecule has 2 heterocycles. The van der Waals surface area contributed by atoms with Crippen molar-refractivity contribution in [1.29, 1.82) is 0 Å². The second-order valence-electron chi connectivity index (χ2n) is 4.91. The predicted molar refractivity (Wildman–Crippen MR) is 78.7 cm³/mol. The highest BCUT2D eigenvalue weighted by Crippen LogP contribution is 2.16. The molecule has 2 aromatic heterocycles. The number of rotatable bonds is 7. The molecule has 0 fully saturated rings. The van der Waals surface area contributed by atoms with Gasteiger partial charge in [-0.1, -0.05) is 20.8 Å². The molecule has 0 bridgehead atoms. The Morgan fingerprint density at radius 2 is 2.05 bits per heavy atom. The standard InChI is InChI=1S/C15H24N4O/c1-5-14-17-15(6-2)19(18-14)10-12-8-11(4)13(20-12)9-16-7-3/h8,16H,5-7,9-10H2,1-4H3. The Morgan fingerprint density at radius 3 is 2.70 bits per heavy atom. The van der Waals surface area contributed by atoms with Gasteiger partial charge in [-0.05, 0) is 25.1 Å². The van der Waals surface area contributed by atoms with Crippen molar-refractivity contribution in [2.45, 2.75) is 53.6 Å². The molecule has 0 atom stereocenters. The van der Waals surface area contributed by atoms with E-state index in [2.05, 4.69) is 49.2 Å². The Hall–Kier alpha value is -1.62. The average Bonchev–Trinajstić information content (AvgIpc) is 3.00. The van der Waals surface area contributed by atoms with Gasteiger partial charge in [-0.15, -0.1) is 0 Å². The fraction of sp³-hybridized carbons (Fsp3) is 0.600. The van der Waals surface area contributed by atoms with Crippen LogP contribution in [-0.2, 0) is 25.9 Å². The number of nitrogens with one attached hydrogen (secondary N) is 1. The quantitative estimate of drug-likeness (QED) is 0.844. The summed E-state index contributed by atoms with van der Waals surface area (Å²) in [5, 5.41) is 7.82. The van der Waals surface area contributed by atoms with Gasteiger partial charge in [-0.2, -0.15) is 5.10 Å². The molecule has 0 spiro atoms. The lowest BCUT2D eigenvalue weighted by Gasteiger charge is -2.02. The molecule has 0 saturated heterocycles. The van der Waals surface area contributed by atoms with Crippen LogP contribution in [0.5, 0.6) is 0 Å². The fourth-order valence-corrected chi connectivity index (χ4v) is 2.19. The van der Waals surface area contributed by atoms with Crippen molar-refractivity contribution in [3.63, 3.8) is 0 Å². The highest BCUT2D eigenvalue weighted by molar-refractivity contribution is 5.20. The largest absolute Gasteiger partial charge is 0.462 e. The van der Waals surface area contributed by atoms with Crippen LogP contribution in [-0.4, -0.2) is 21.3 Å². The molecule has 0 amide bonds. The first-order chi connectivity index (χ1) is 9.67. The topological polar surface area (TPSA) is 55.9 Å². The summed E-state index contributed by atoms with van der Waals surface area (Å²) in [5.74, 6) is 3.87. The number of hydrogen-bond donors (Lipinski definition) is 1. The van der Waals surface area contributed by atoms with Gasteiger partial charge in [-0.3, -0.25) is 0 Å². The molecule has 2 aromatic rings. The van der Waals surface area contributed by atoms with Crippen molar-refractivity contribution in [3.05, 3.63) is 34.8 Å². The van der Waals surface area contributed by atoms with Crippen molar-refractivity contribution in [2.75, 3.05) is 6.54 Å². The van der Waals surface area contributed by atoms with Crippen molar-refractivity contribution < 1.29 is 4.42 Å². The van der Waals surface area contributed by atoms with Crippen LogP contribution < -0.4 is 5.32 Å². The molecule has 0 aliphatic heterocycles. The van der Waals surface area contributed by atoms with Crippen LogP contribution in [0.4, 0.5) is 0 Å². The van der Waals surface area contributed by atoms with Crippen LogP contribution in [0.25, 0.3) is 0 Å². The molecule has 0 radical (unpaired) electrons. The number of aromatic nitrogens is 3. The Morgan fingerprint density at radius 1 is 1.25 bits per heavy atom. The Bertz CT molecular complexity index is 556. The normalized spacial score (nSPS) is 11.2. The van der Waals surface area contributed by atoms with Gasteiger partial charge in [0.25, 0.3) is 0 Å².